The molecule has 0 saturated carbocycles. The molecule has 0 saturated heterocycles. The van der Waals surface area contributed by atoms with Crippen LogP contribution in [0.5, 0.6) is 11.5 Å². The van der Waals surface area contributed by atoms with Crippen LogP contribution in [-0.2, 0) is 0 Å². The summed E-state index contributed by atoms with van der Waals surface area (Å²) in [6.07, 6.45) is -0.120. The molecule has 0 unspecified atom stereocenters. The molecule has 0 spiro atoms. The smallest absolute Gasteiger partial charge is 0.335 e. The molecular formula is C19H21NO5. The van der Waals surface area contributed by atoms with Gasteiger partial charge in [-0.1, -0.05) is 6.07 Å². The van der Waals surface area contributed by atoms with Gasteiger partial charge in [0.05, 0.1) is 24.5 Å². The molecule has 25 heavy (non-hydrogen) atoms. The largest absolute Gasteiger partial charge is 0.496 e. The molecule has 0 fully saturated rings. The second-order valence-electron chi connectivity index (χ2n) is 5.82. The van der Waals surface area contributed by atoms with Crippen molar-refractivity contribution in [3.63, 3.8) is 0 Å². The molecule has 132 valence electrons. The number of ether oxygens (including phenoxy) is 2. The maximum Gasteiger partial charge on any atom is 0.335 e. The molecule has 0 aromatic heterocycles. The van der Waals surface area contributed by atoms with Crippen molar-refractivity contribution in [1.82, 2.24) is 0 Å². The van der Waals surface area contributed by atoms with Crippen molar-refractivity contribution in [1.29, 1.82) is 0 Å². The lowest BCUT2D eigenvalue weighted by Crippen LogP contribution is -2.15. The Morgan fingerprint density at radius 1 is 1.04 bits per heavy atom. The molecule has 0 aliphatic heterocycles. The molecule has 2 aromatic carbocycles. The summed E-state index contributed by atoms with van der Waals surface area (Å²) in [7, 11) is 1.54. The van der Waals surface area contributed by atoms with Gasteiger partial charge in [-0.25, -0.2) is 4.79 Å². The minimum atomic E-state index is -1.08. The second-order valence-corrected chi connectivity index (χ2v) is 5.82. The van der Waals surface area contributed by atoms with Crippen LogP contribution in [0, 0.1) is 6.92 Å². The van der Waals surface area contributed by atoms with Crippen molar-refractivity contribution in [3.05, 3.63) is 53.1 Å². The SMILES string of the molecule is COc1cc(C(=O)Nc2cc(C(=O)O)ccc2OC(C)C)ccc1C. The minimum Gasteiger partial charge on any atom is -0.496 e. The first-order chi connectivity index (χ1) is 11.8. The number of carboxylic acid groups (broad SMARTS) is 1. The van der Waals surface area contributed by atoms with Gasteiger partial charge in [0.1, 0.15) is 11.5 Å². The van der Waals surface area contributed by atoms with Gasteiger partial charge in [-0.3, -0.25) is 4.79 Å². The Morgan fingerprint density at radius 3 is 2.32 bits per heavy atom. The van der Waals surface area contributed by atoms with E-state index in [0.29, 0.717) is 22.7 Å². The summed E-state index contributed by atoms with van der Waals surface area (Å²) in [5.41, 5.74) is 1.68. The van der Waals surface area contributed by atoms with Crippen molar-refractivity contribution in [2.24, 2.45) is 0 Å². The lowest BCUT2D eigenvalue weighted by molar-refractivity contribution is 0.0696. The van der Waals surface area contributed by atoms with Crippen molar-refractivity contribution in [3.8, 4) is 11.5 Å². The van der Waals surface area contributed by atoms with E-state index in [-0.39, 0.29) is 17.6 Å². The Labute approximate surface area is 146 Å². The minimum absolute atomic E-state index is 0.0629. The van der Waals surface area contributed by atoms with Crippen LogP contribution in [0.15, 0.2) is 36.4 Å². The van der Waals surface area contributed by atoms with E-state index >= 15 is 0 Å². The highest BCUT2D eigenvalue weighted by atomic mass is 16.5. The molecule has 0 heterocycles. The Balaban J connectivity index is 2.35. The summed E-state index contributed by atoms with van der Waals surface area (Å²) >= 11 is 0. The standard InChI is InChI=1S/C19H21NO5/c1-11(2)25-16-8-7-14(19(22)23)9-15(16)20-18(21)13-6-5-12(3)17(10-13)24-4/h5-11H,1-4H3,(H,20,21)(H,22,23). The lowest BCUT2D eigenvalue weighted by Gasteiger charge is -2.16. The highest BCUT2D eigenvalue weighted by molar-refractivity contribution is 6.06. The number of rotatable bonds is 6. The fourth-order valence-electron chi connectivity index (χ4n) is 2.27. The van der Waals surface area contributed by atoms with Gasteiger partial charge in [-0.05, 0) is 56.7 Å². The number of nitrogens with one attached hydrogen (secondary N) is 1. The van der Waals surface area contributed by atoms with Crippen molar-refractivity contribution in [2.45, 2.75) is 26.9 Å². The van der Waals surface area contributed by atoms with Gasteiger partial charge in [0.25, 0.3) is 5.91 Å². The van der Waals surface area contributed by atoms with Crippen molar-refractivity contribution in [2.75, 3.05) is 12.4 Å². The Hall–Kier alpha value is -3.02. The van der Waals surface area contributed by atoms with E-state index in [2.05, 4.69) is 5.32 Å². The summed E-state index contributed by atoms with van der Waals surface area (Å²) in [5, 5.41) is 11.9. The molecule has 6 heteroatoms. The van der Waals surface area contributed by atoms with E-state index in [0.717, 1.165) is 5.56 Å². The number of carbonyl (C=O) groups is 2. The fourth-order valence-corrected chi connectivity index (χ4v) is 2.27. The van der Waals surface area contributed by atoms with E-state index in [1.165, 1.54) is 25.3 Å². The average molecular weight is 343 g/mol. The molecule has 0 aliphatic rings. The molecule has 1 amide bonds. The normalized spacial score (nSPS) is 10.4. The highest BCUT2D eigenvalue weighted by Crippen LogP contribution is 2.28. The predicted octanol–water partition coefficient (Wildman–Crippen LogP) is 3.74. The van der Waals surface area contributed by atoms with Crippen LogP contribution >= 0.6 is 0 Å². The topological polar surface area (TPSA) is 84.9 Å². The number of hydrogen-bond donors (Lipinski definition) is 2. The van der Waals surface area contributed by atoms with E-state index in [4.69, 9.17) is 14.6 Å². The first-order valence-corrected chi connectivity index (χ1v) is 7.81. The number of methoxy groups -OCH3 is 1. The molecule has 0 bridgehead atoms. The summed E-state index contributed by atoms with van der Waals surface area (Å²) in [5.74, 6) is -0.448. The molecule has 2 rings (SSSR count). The Kier molecular flexibility index (Phi) is 5.64. The molecule has 0 aliphatic carbocycles. The van der Waals surface area contributed by atoms with Gasteiger partial charge in [0.2, 0.25) is 0 Å². The second kappa shape index (κ2) is 7.70. The molecule has 0 radical (unpaired) electrons. The number of anilines is 1. The fraction of sp³-hybridized carbons (Fsp3) is 0.263. The van der Waals surface area contributed by atoms with Gasteiger partial charge in [-0.15, -0.1) is 0 Å². The molecule has 2 N–H and O–H groups in total. The Bertz CT molecular complexity index is 798. The third-order valence-corrected chi connectivity index (χ3v) is 3.51. The van der Waals surface area contributed by atoms with Gasteiger partial charge >= 0.3 is 5.97 Å². The summed E-state index contributed by atoms with van der Waals surface area (Å²) in [4.78, 5) is 23.7. The number of aromatic carboxylic acids is 1. The van der Waals surface area contributed by atoms with Crippen molar-refractivity contribution < 1.29 is 24.2 Å². The van der Waals surface area contributed by atoms with Crippen LogP contribution in [0.3, 0.4) is 0 Å². The first-order valence-electron chi connectivity index (χ1n) is 7.81. The van der Waals surface area contributed by atoms with Crippen LogP contribution in [0.2, 0.25) is 0 Å². The van der Waals surface area contributed by atoms with Gasteiger partial charge in [0.15, 0.2) is 0 Å². The number of benzene rings is 2. The first kappa shape index (κ1) is 18.3. The van der Waals surface area contributed by atoms with Crippen LogP contribution < -0.4 is 14.8 Å². The van der Waals surface area contributed by atoms with Gasteiger partial charge in [0, 0.05) is 5.56 Å². The Morgan fingerprint density at radius 2 is 1.72 bits per heavy atom. The summed E-state index contributed by atoms with van der Waals surface area (Å²) < 4.78 is 10.9. The lowest BCUT2D eigenvalue weighted by atomic mass is 10.1. The monoisotopic (exact) mass is 343 g/mol. The van der Waals surface area contributed by atoms with E-state index in [1.807, 2.05) is 20.8 Å². The third kappa shape index (κ3) is 4.50. The van der Waals surface area contributed by atoms with Gasteiger partial charge < -0.3 is 19.9 Å². The van der Waals surface area contributed by atoms with Crippen LogP contribution in [0.1, 0.15) is 40.1 Å². The van der Waals surface area contributed by atoms with Crippen LogP contribution in [0.25, 0.3) is 0 Å². The zero-order valence-electron chi connectivity index (χ0n) is 14.6. The van der Waals surface area contributed by atoms with Gasteiger partial charge in [-0.2, -0.15) is 0 Å². The molecule has 2 aromatic rings. The quantitative estimate of drug-likeness (QED) is 0.834. The third-order valence-electron chi connectivity index (χ3n) is 3.51. The van der Waals surface area contributed by atoms with Crippen LogP contribution in [-0.4, -0.2) is 30.2 Å². The van der Waals surface area contributed by atoms with E-state index < -0.39 is 5.97 Å². The van der Waals surface area contributed by atoms with E-state index in [1.54, 1.807) is 18.2 Å². The number of aryl methyl sites for hydroxylation is 1. The zero-order valence-corrected chi connectivity index (χ0v) is 14.6. The number of carboxylic acids is 1. The zero-order chi connectivity index (χ0) is 18.6. The number of carbonyl (C=O) groups excluding carboxylic acids is 1. The number of amides is 1. The maximum atomic E-state index is 12.5. The number of hydrogen-bond acceptors (Lipinski definition) is 4. The molecule has 0 atom stereocenters. The summed E-state index contributed by atoms with van der Waals surface area (Å²) in [6.45, 7) is 5.58. The van der Waals surface area contributed by atoms with Crippen molar-refractivity contribution >= 4 is 17.6 Å². The highest BCUT2D eigenvalue weighted by Gasteiger charge is 2.15. The predicted molar refractivity (Wildman–Crippen MR) is 94.8 cm³/mol. The van der Waals surface area contributed by atoms with E-state index in [9.17, 15) is 9.59 Å². The molecule has 6 nitrogen and oxygen atoms in total. The molecular weight excluding hydrogens is 322 g/mol. The van der Waals surface area contributed by atoms with Crippen LogP contribution in [0.4, 0.5) is 5.69 Å². The average Bonchev–Trinajstić information content (AvgIpc) is 2.56. The maximum absolute atomic E-state index is 12.5. The summed E-state index contributed by atoms with van der Waals surface area (Å²) in [6, 6.07) is 9.45.